The second kappa shape index (κ2) is 6.22. The maximum absolute atomic E-state index is 10.7. The zero-order chi connectivity index (χ0) is 16.4. The molecule has 0 saturated heterocycles. The van der Waals surface area contributed by atoms with Gasteiger partial charge in [-0.1, -0.05) is 24.3 Å². The summed E-state index contributed by atoms with van der Waals surface area (Å²) in [6, 6.07) is 15.2. The van der Waals surface area contributed by atoms with Gasteiger partial charge in [-0.05, 0) is 49.2 Å². The molecule has 23 heavy (non-hydrogen) atoms. The molecule has 1 unspecified atom stereocenters. The van der Waals surface area contributed by atoms with Crippen molar-refractivity contribution in [3.05, 3.63) is 71.3 Å². The van der Waals surface area contributed by atoms with E-state index in [4.69, 9.17) is 4.74 Å². The van der Waals surface area contributed by atoms with Crippen molar-refractivity contribution in [2.24, 2.45) is 0 Å². The number of aromatic nitrogens is 3. The highest BCUT2D eigenvalue weighted by Crippen LogP contribution is 2.25. The zero-order valence-corrected chi connectivity index (χ0v) is 13.4. The third-order valence-electron chi connectivity index (χ3n) is 3.66. The average molecular weight is 309 g/mol. The first-order valence-corrected chi connectivity index (χ1v) is 7.41. The second-order valence-electron chi connectivity index (χ2n) is 5.44. The molecule has 0 radical (unpaired) electrons. The van der Waals surface area contributed by atoms with Gasteiger partial charge in [0.1, 0.15) is 17.7 Å². The number of ether oxygens (including phenoxy) is 1. The van der Waals surface area contributed by atoms with E-state index in [0.717, 1.165) is 22.6 Å². The van der Waals surface area contributed by atoms with Crippen molar-refractivity contribution in [1.82, 2.24) is 14.8 Å². The first-order chi connectivity index (χ1) is 11.1. The summed E-state index contributed by atoms with van der Waals surface area (Å²) in [5.74, 6) is 1.87. The van der Waals surface area contributed by atoms with Crippen LogP contribution >= 0.6 is 0 Å². The summed E-state index contributed by atoms with van der Waals surface area (Å²) in [5.41, 5.74) is 2.75. The number of hydrogen-bond donors (Lipinski definition) is 1. The van der Waals surface area contributed by atoms with E-state index in [2.05, 4.69) is 10.1 Å². The van der Waals surface area contributed by atoms with Gasteiger partial charge in [-0.15, -0.1) is 0 Å². The molecule has 3 aromatic rings. The van der Waals surface area contributed by atoms with Crippen molar-refractivity contribution in [3.8, 4) is 11.4 Å². The SMILES string of the molecule is COc1ccc(C(O)c2nc(C)nn2-c2cccc(C)c2)cc1. The molecule has 0 aliphatic carbocycles. The van der Waals surface area contributed by atoms with Gasteiger partial charge in [0, 0.05) is 0 Å². The number of methoxy groups -OCH3 is 1. The molecule has 0 aliphatic heterocycles. The minimum absolute atomic E-state index is 0.498. The lowest BCUT2D eigenvalue weighted by Gasteiger charge is -2.13. The molecule has 1 N–H and O–H groups in total. The predicted molar refractivity (Wildman–Crippen MR) is 87.9 cm³/mol. The summed E-state index contributed by atoms with van der Waals surface area (Å²) in [7, 11) is 1.61. The van der Waals surface area contributed by atoms with E-state index in [-0.39, 0.29) is 0 Å². The van der Waals surface area contributed by atoms with Gasteiger partial charge in [0.15, 0.2) is 5.82 Å². The van der Waals surface area contributed by atoms with Gasteiger partial charge in [-0.25, -0.2) is 9.67 Å². The molecular weight excluding hydrogens is 290 g/mol. The van der Waals surface area contributed by atoms with Crippen LogP contribution in [0.15, 0.2) is 48.5 Å². The van der Waals surface area contributed by atoms with Gasteiger partial charge in [0.05, 0.1) is 12.8 Å². The Kier molecular flexibility index (Phi) is 4.12. The predicted octanol–water partition coefficient (Wildman–Crippen LogP) is 2.97. The Balaban J connectivity index is 2.02. The van der Waals surface area contributed by atoms with E-state index in [1.54, 1.807) is 11.8 Å². The van der Waals surface area contributed by atoms with E-state index >= 15 is 0 Å². The van der Waals surface area contributed by atoms with Crippen molar-refractivity contribution >= 4 is 0 Å². The number of aryl methyl sites for hydroxylation is 2. The molecule has 5 nitrogen and oxygen atoms in total. The molecule has 0 aliphatic rings. The molecule has 0 amide bonds. The Hall–Kier alpha value is -2.66. The monoisotopic (exact) mass is 309 g/mol. The van der Waals surface area contributed by atoms with E-state index in [9.17, 15) is 5.11 Å². The van der Waals surface area contributed by atoms with Gasteiger partial charge in [0.25, 0.3) is 0 Å². The first kappa shape index (κ1) is 15.2. The molecule has 118 valence electrons. The van der Waals surface area contributed by atoms with Crippen LogP contribution in [-0.4, -0.2) is 27.0 Å². The first-order valence-electron chi connectivity index (χ1n) is 7.41. The Bertz CT molecular complexity index is 809. The lowest BCUT2D eigenvalue weighted by atomic mass is 10.1. The minimum atomic E-state index is -0.859. The Morgan fingerprint density at radius 2 is 1.83 bits per heavy atom. The second-order valence-corrected chi connectivity index (χ2v) is 5.44. The topological polar surface area (TPSA) is 60.2 Å². The van der Waals surface area contributed by atoms with Crippen LogP contribution in [0.1, 0.15) is 28.9 Å². The minimum Gasteiger partial charge on any atom is -0.497 e. The standard InChI is InChI=1S/C18H19N3O2/c1-12-5-4-6-15(11-12)21-18(19-13(2)20-21)17(22)14-7-9-16(23-3)10-8-14/h4-11,17,22H,1-3H3. The summed E-state index contributed by atoms with van der Waals surface area (Å²) in [4.78, 5) is 4.41. The summed E-state index contributed by atoms with van der Waals surface area (Å²) >= 11 is 0. The van der Waals surface area contributed by atoms with Gasteiger partial charge >= 0.3 is 0 Å². The smallest absolute Gasteiger partial charge is 0.165 e. The molecule has 1 atom stereocenters. The van der Waals surface area contributed by atoms with E-state index in [1.807, 2.05) is 62.4 Å². The van der Waals surface area contributed by atoms with Crippen LogP contribution in [0.3, 0.4) is 0 Å². The maximum atomic E-state index is 10.7. The molecule has 0 saturated carbocycles. The van der Waals surface area contributed by atoms with Gasteiger partial charge in [0.2, 0.25) is 0 Å². The molecule has 1 heterocycles. The average Bonchev–Trinajstić information content (AvgIpc) is 2.96. The third-order valence-corrected chi connectivity index (χ3v) is 3.66. The summed E-state index contributed by atoms with van der Waals surface area (Å²) in [5, 5.41) is 15.1. The lowest BCUT2D eigenvalue weighted by Crippen LogP contribution is -2.10. The lowest BCUT2D eigenvalue weighted by molar-refractivity contribution is 0.207. The van der Waals surface area contributed by atoms with Crippen molar-refractivity contribution in [2.45, 2.75) is 20.0 Å². The van der Waals surface area contributed by atoms with Crippen LogP contribution in [0.25, 0.3) is 5.69 Å². The molecule has 0 spiro atoms. The molecule has 0 bridgehead atoms. The van der Waals surface area contributed by atoms with Crippen molar-refractivity contribution in [2.75, 3.05) is 7.11 Å². The summed E-state index contributed by atoms with van der Waals surface area (Å²) in [6.07, 6.45) is -0.859. The van der Waals surface area contributed by atoms with E-state index in [0.29, 0.717) is 11.6 Å². The maximum Gasteiger partial charge on any atom is 0.165 e. The van der Waals surface area contributed by atoms with Crippen LogP contribution in [0.2, 0.25) is 0 Å². The molecule has 5 heteroatoms. The third kappa shape index (κ3) is 3.10. The number of aliphatic hydroxyl groups excluding tert-OH is 1. The molecule has 3 rings (SSSR count). The van der Waals surface area contributed by atoms with Crippen molar-refractivity contribution in [1.29, 1.82) is 0 Å². The highest BCUT2D eigenvalue weighted by atomic mass is 16.5. The van der Waals surface area contributed by atoms with Gasteiger partial charge in [-0.2, -0.15) is 5.10 Å². The van der Waals surface area contributed by atoms with Gasteiger partial charge in [-0.3, -0.25) is 0 Å². The number of rotatable bonds is 4. The van der Waals surface area contributed by atoms with E-state index < -0.39 is 6.10 Å². The number of hydrogen-bond acceptors (Lipinski definition) is 4. The normalized spacial score (nSPS) is 12.2. The fourth-order valence-electron chi connectivity index (χ4n) is 2.49. The van der Waals surface area contributed by atoms with Crippen LogP contribution in [-0.2, 0) is 0 Å². The molecular formula is C18H19N3O2. The Labute approximate surface area is 135 Å². The largest absolute Gasteiger partial charge is 0.497 e. The Morgan fingerprint density at radius 3 is 2.48 bits per heavy atom. The van der Waals surface area contributed by atoms with Crippen LogP contribution in [0.4, 0.5) is 0 Å². The van der Waals surface area contributed by atoms with E-state index in [1.165, 1.54) is 0 Å². The molecule has 2 aromatic carbocycles. The van der Waals surface area contributed by atoms with Crippen LogP contribution in [0, 0.1) is 13.8 Å². The number of nitrogens with zero attached hydrogens (tertiary/aromatic N) is 3. The van der Waals surface area contributed by atoms with Crippen molar-refractivity contribution in [3.63, 3.8) is 0 Å². The fourth-order valence-corrected chi connectivity index (χ4v) is 2.49. The number of benzene rings is 2. The molecule has 0 fully saturated rings. The fraction of sp³-hybridized carbons (Fsp3) is 0.222. The Morgan fingerprint density at radius 1 is 1.09 bits per heavy atom. The number of aliphatic hydroxyl groups is 1. The summed E-state index contributed by atoms with van der Waals surface area (Å²) < 4.78 is 6.84. The van der Waals surface area contributed by atoms with Crippen molar-refractivity contribution < 1.29 is 9.84 Å². The van der Waals surface area contributed by atoms with Gasteiger partial charge < -0.3 is 9.84 Å². The summed E-state index contributed by atoms with van der Waals surface area (Å²) in [6.45, 7) is 3.84. The highest BCUT2D eigenvalue weighted by Gasteiger charge is 2.20. The highest BCUT2D eigenvalue weighted by molar-refractivity contribution is 5.37. The quantitative estimate of drug-likeness (QED) is 0.805. The van der Waals surface area contributed by atoms with Crippen LogP contribution in [0.5, 0.6) is 5.75 Å². The zero-order valence-electron chi connectivity index (χ0n) is 13.4. The van der Waals surface area contributed by atoms with Crippen LogP contribution < -0.4 is 4.74 Å². The molecule has 1 aromatic heterocycles.